The van der Waals surface area contributed by atoms with Crippen molar-refractivity contribution in [3.63, 3.8) is 0 Å². The molecule has 2 N–H and O–H groups in total. The minimum Gasteiger partial charge on any atom is -0.383 e. The fraction of sp³-hybridized carbons (Fsp3) is 0.833. The van der Waals surface area contributed by atoms with Crippen molar-refractivity contribution in [3.8, 4) is 0 Å². The SMILES string of the molecule is COCC(N)c1nc(C2CC3CCC2C3)no1. The van der Waals surface area contributed by atoms with E-state index in [1.807, 2.05) is 0 Å². The Hall–Kier alpha value is -0.940. The summed E-state index contributed by atoms with van der Waals surface area (Å²) >= 11 is 0. The number of fused-ring (bicyclic) bond motifs is 2. The van der Waals surface area contributed by atoms with E-state index in [0.29, 0.717) is 18.4 Å². The Bertz CT molecular complexity index is 393. The molecule has 0 aliphatic heterocycles. The zero-order valence-corrected chi connectivity index (χ0v) is 10.1. The van der Waals surface area contributed by atoms with Crippen LogP contribution in [0.1, 0.15) is 49.4 Å². The van der Waals surface area contributed by atoms with Gasteiger partial charge in [0.2, 0.25) is 5.89 Å². The lowest BCUT2D eigenvalue weighted by Gasteiger charge is -2.17. The second-order valence-corrected chi connectivity index (χ2v) is 5.33. The smallest absolute Gasteiger partial charge is 0.245 e. The van der Waals surface area contributed by atoms with Crippen LogP contribution in [-0.2, 0) is 4.74 Å². The van der Waals surface area contributed by atoms with Crippen LogP contribution >= 0.6 is 0 Å². The molecule has 4 unspecified atom stereocenters. The topological polar surface area (TPSA) is 74.2 Å². The summed E-state index contributed by atoms with van der Waals surface area (Å²) in [5.74, 6) is 3.52. The highest BCUT2D eigenvalue weighted by Crippen LogP contribution is 2.52. The zero-order valence-electron chi connectivity index (χ0n) is 10.1. The number of rotatable bonds is 4. The number of methoxy groups -OCH3 is 1. The maximum absolute atomic E-state index is 5.87. The van der Waals surface area contributed by atoms with Crippen LogP contribution in [0.25, 0.3) is 0 Å². The predicted octanol–water partition coefficient (Wildman–Crippen LogP) is 1.62. The van der Waals surface area contributed by atoms with Gasteiger partial charge in [-0.1, -0.05) is 11.6 Å². The van der Waals surface area contributed by atoms with Gasteiger partial charge in [-0.25, -0.2) is 0 Å². The molecule has 0 aromatic carbocycles. The van der Waals surface area contributed by atoms with Crippen LogP contribution in [0.2, 0.25) is 0 Å². The highest BCUT2D eigenvalue weighted by atomic mass is 16.5. The number of hydrogen-bond acceptors (Lipinski definition) is 5. The van der Waals surface area contributed by atoms with Gasteiger partial charge in [-0.3, -0.25) is 0 Å². The van der Waals surface area contributed by atoms with Gasteiger partial charge >= 0.3 is 0 Å². The van der Waals surface area contributed by atoms with Gasteiger partial charge in [0.15, 0.2) is 5.82 Å². The van der Waals surface area contributed by atoms with E-state index in [0.717, 1.165) is 17.7 Å². The van der Waals surface area contributed by atoms with E-state index in [4.69, 9.17) is 15.0 Å². The van der Waals surface area contributed by atoms with Gasteiger partial charge in [0, 0.05) is 13.0 Å². The van der Waals surface area contributed by atoms with Crippen LogP contribution in [0, 0.1) is 11.8 Å². The number of nitrogens with two attached hydrogens (primary N) is 1. The summed E-state index contributed by atoms with van der Waals surface area (Å²) in [5, 5.41) is 4.10. The van der Waals surface area contributed by atoms with Crippen molar-refractivity contribution in [1.29, 1.82) is 0 Å². The minimum absolute atomic E-state index is 0.306. The molecule has 2 bridgehead atoms. The molecule has 17 heavy (non-hydrogen) atoms. The Balaban J connectivity index is 1.72. The summed E-state index contributed by atoms with van der Waals surface area (Å²) in [6, 6.07) is -0.306. The van der Waals surface area contributed by atoms with Gasteiger partial charge in [0.25, 0.3) is 0 Å². The number of ether oxygens (including phenoxy) is 1. The molecule has 1 aromatic heterocycles. The van der Waals surface area contributed by atoms with Crippen LogP contribution in [0.4, 0.5) is 0 Å². The Labute approximate surface area is 101 Å². The van der Waals surface area contributed by atoms with Crippen molar-refractivity contribution < 1.29 is 9.26 Å². The van der Waals surface area contributed by atoms with Crippen LogP contribution in [0.5, 0.6) is 0 Å². The maximum Gasteiger partial charge on any atom is 0.245 e. The van der Waals surface area contributed by atoms with Crippen molar-refractivity contribution >= 4 is 0 Å². The third kappa shape index (κ3) is 1.98. The van der Waals surface area contributed by atoms with Crippen molar-refractivity contribution in [2.24, 2.45) is 17.6 Å². The lowest BCUT2D eigenvalue weighted by Crippen LogP contribution is -2.17. The predicted molar refractivity (Wildman–Crippen MR) is 61.3 cm³/mol. The normalized spacial score (nSPS) is 33.2. The summed E-state index contributed by atoms with van der Waals surface area (Å²) in [7, 11) is 1.62. The van der Waals surface area contributed by atoms with E-state index < -0.39 is 0 Å². The quantitative estimate of drug-likeness (QED) is 0.861. The van der Waals surface area contributed by atoms with Crippen molar-refractivity contribution in [1.82, 2.24) is 10.1 Å². The Kier molecular flexibility index (Phi) is 2.88. The highest BCUT2D eigenvalue weighted by molar-refractivity contribution is 5.07. The number of hydrogen-bond donors (Lipinski definition) is 1. The van der Waals surface area contributed by atoms with E-state index in [1.165, 1.54) is 25.7 Å². The molecule has 0 spiro atoms. The molecular formula is C12H19N3O2. The van der Waals surface area contributed by atoms with Gasteiger partial charge in [0.05, 0.1) is 6.61 Å². The first kappa shape index (κ1) is 11.2. The van der Waals surface area contributed by atoms with E-state index in [1.54, 1.807) is 7.11 Å². The molecule has 4 atom stereocenters. The molecule has 1 aromatic rings. The first-order chi connectivity index (χ1) is 8.28. The molecule has 0 amide bonds. The van der Waals surface area contributed by atoms with Crippen LogP contribution in [0.3, 0.4) is 0 Å². The first-order valence-electron chi connectivity index (χ1n) is 6.36. The summed E-state index contributed by atoms with van der Waals surface area (Å²) in [6.07, 6.45) is 5.28. The first-order valence-corrected chi connectivity index (χ1v) is 6.36. The van der Waals surface area contributed by atoms with E-state index in [-0.39, 0.29) is 6.04 Å². The largest absolute Gasteiger partial charge is 0.383 e. The zero-order chi connectivity index (χ0) is 11.8. The average Bonchev–Trinajstić information content (AvgIpc) is 3.05. The fourth-order valence-corrected chi connectivity index (χ4v) is 3.36. The minimum atomic E-state index is -0.306. The molecule has 0 radical (unpaired) electrons. The molecule has 3 rings (SSSR count). The molecule has 94 valence electrons. The third-order valence-electron chi connectivity index (χ3n) is 4.19. The van der Waals surface area contributed by atoms with Gasteiger partial charge in [-0.2, -0.15) is 4.98 Å². The molecule has 2 aliphatic carbocycles. The molecule has 2 fully saturated rings. The fourth-order valence-electron chi connectivity index (χ4n) is 3.36. The van der Waals surface area contributed by atoms with E-state index in [2.05, 4.69) is 10.1 Å². The van der Waals surface area contributed by atoms with Crippen molar-refractivity contribution in [2.75, 3.05) is 13.7 Å². The summed E-state index contributed by atoms with van der Waals surface area (Å²) in [5.41, 5.74) is 5.87. The third-order valence-corrected chi connectivity index (χ3v) is 4.19. The Morgan fingerprint density at radius 3 is 3.00 bits per heavy atom. The summed E-state index contributed by atoms with van der Waals surface area (Å²) in [6.45, 7) is 0.415. The van der Waals surface area contributed by atoms with Crippen LogP contribution < -0.4 is 5.73 Å². The van der Waals surface area contributed by atoms with Crippen molar-refractivity contribution in [3.05, 3.63) is 11.7 Å². The molecule has 0 saturated heterocycles. The highest BCUT2D eigenvalue weighted by Gasteiger charge is 2.42. The van der Waals surface area contributed by atoms with E-state index >= 15 is 0 Å². The number of aromatic nitrogens is 2. The van der Waals surface area contributed by atoms with Crippen LogP contribution in [-0.4, -0.2) is 23.9 Å². The molecule has 5 nitrogen and oxygen atoms in total. The lowest BCUT2D eigenvalue weighted by atomic mass is 9.88. The second kappa shape index (κ2) is 4.38. The second-order valence-electron chi connectivity index (χ2n) is 5.33. The summed E-state index contributed by atoms with van der Waals surface area (Å²) in [4.78, 5) is 4.45. The molecule has 1 heterocycles. The monoisotopic (exact) mass is 237 g/mol. The summed E-state index contributed by atoms with van der Waals surface area (Å²) < 4.78 is 10.2. The Morgan fingerprint density at radius 1 is 1.47 bits per heavy atom. The molecular weight excluding hydrogens is 218 g/mol. The van der Waals surface area contributed by atoms with Gasteiger partial charge < -0.3 is 15.0 Å². The maximum atomic E-state index is 5.87. The average molecular weight is 237 g/mol. The number of nitrogens with zero attached hydrogens (tertiary/aromatic N) is 2. The molecule has 5 heteroatoms. The Morgan fingerprint density at radius 2 is 2.35 bits per heavy atom. The standard InChI is InChI=1S/C12H19N3O2/c1-16-6-10(13)12-14-11(15-17-12)9-5-7-2-3-8(9)4-7/h7-10H,2-6,13H2,1H3. The van der Waals surface area contributed by atoms with Gasteiger partial charge in [-0.05, 0) is 31.1 Å². The lowest BCUT2D eigenvalue weighted by molar-refractivity contribution is 0.166. The molecule has 2 saturated carbocycles. The van der Waals surface area contributed by atoms with Gasteiger partial charge in [0.1, 0.15) is 6.04 Å². The van der Waals surface area contributed by atoms with Crippen molar-refractivity contribution in [2.45, 2.75) is 37.6 Å². The van der Waals surface area contributed by atoms with Crippen LogP contribution in [0.15, 0.2) is 4.52 Å². The van der Waals surface area contributed by atoms with Gasteiger partial charge in [-0.15, -0.1) is 0 Å². The molecule has 2 aliphatic rings. The van der Waals surface area contributed by atoms with E-state index in [9.17, 15) is 0 Å².